The van der Waals surface area contributed by atoms with Gasteiger partial charge in [0.25, 0.3) is 5.69 Å². The number of amides is 2. The van der Waals surface area contributed by atoms with Crippen molar-refractivity contribution in [2.75, 3.05) is 33.4 Å². The molecule has 15 heteroatoms. The Bertz CT molecular complexity index is 905. The van der Waals surface area contributed by atoms with E-state index in [1.807, 2.05) is 13.8 Å². The second kappa shape index (κ2) is 21.3. The summed E-state index contributed by atoms with van der Waals surface area (Å²) in [6.07, 6.45) is 2.86. The molecule has 40 heavy (non-hydrogen) atoms. The Labute approximate surface area is 242 Å². The number of nitro groups is 1. The number of aliphatic hydroxyl groups is 1. The van der Waals surface area contributed by atoms with Crippen LogP contribution >= 0.6 is 21.6 Å². The Balaban J connectivity index is 2.06. The number of carbonyl (C=O) groups is 3. The molecule has 1 aromatic rings. The lowest BCUT2D eigenvalue weighted by Crippen LogP contribution is -2.31. The van der Waals surface area contributed by atoms with Gasteiger partial charge in [0.2, 0.25) is 11.8 Å². The molecule has 1 rings (SSSR count). The zero-order chi connectivity index (χ0) is 29.8. The van der Waals surface area contributed by atoms with Crippen LogP contribution in [-0.4, -0.2) is 83.9 Å². The third-order valence-electron chi connectivity index (χ3n) is 5.44. The molecular formula is C25H40N4O9S2. The second-order valence-corrected chi connectivity index (χ2v) is 11.4. The molecule has 0 radical (unpaired) electrons. The molecule has 1 heterocycles. The summed E-state index contributed by atoms with van der Waals surface area (Å²) in [7, 11) is 4.38. The van der Waals surface area contributed by atoms with Gasteiger partial charge in [-0.1, -0.05) is 24.6 Å². The lowest BCUT2D eigenvalue weighted by Gasteiger charge is -2.21. The normalized spacial score (nSPS) is 13.2. The molecule has 3 N–H and O–H groups in total. The van der Waals surface area contributed by atoms with Gasteiger partial charge in [-0.3, -0.25) is 24.5 Å². The quantitative estimate of drug-likeness (QED) is 0.0440. The van der Waals surface area contributed by atoms with E-state index in [1.54, 1.807) is 16.9 Å². The van der Waals surface area contributed by atoms with Crippen molar-refractivity contribution in [3.63, 3.8) is 0 Å². The molecule has 0 bridgehead atoms. The molecule has 0 saturated carbocycles. The largest absolute Gasteiger partial charge is 0.460 e. The highest BCUT2D eigenvalue weighted by atomic mass is 33.1. The number of aliphatic hydroxyl groups excluding tert-OH is 1. The van der Waals surface area contributed by atoms with Crippen LogP contribution in [0.3, 0.4) is 0 Å². The molecule has 0 aromatic carbocycles. The fraction of sp³-hybridized carbons (Fsp3) is 0.680. The van der Waals surface area contributed by atoms with Crippen molar-refractivity contribution < 1.29 is 38.6 Å². The zero-order valence-corrected chi connectivity index (χ0v) is 24.8. The van der Waals surface area contributed by atoms with Gasteiger partial charge >= 0.3 is 5.97 Å². The summed E-state index contributed by atoms with van der Waals surface area (Å²) < 4.78 is 15.7. The Morgan fingerprint density at radius 3 is 2.40 bits per heavy atom. The van der Waals surface area contributed by atoms with Gasteiger partial charge in [0, 0.05) is 50.8 Å². The van der Waals surface area contributed by atoms with E-state index in [1.165, 1.54) is 30.2 Å². The molecule has 1 aromatic heterocycles. The predicted octanol–water partition coefficient (Wildman–Crippen LogP) is 2.99. The smallest absolute Gasteiger partial charge is 0.305 e. The van der Waals surface area contributed by atoms with E-state index < -0.39 is 23.3 Å². The summed E-state index contributed by atoms with van der Waals surface area (Å²) in [6, 6.07) is 3.01. The second-order valence-electron chi connectivity index (χ2n) is 8.74. The Kier molecular flexibility index (Phi) is 18.9. The van der Waals surface area contributed by atoms with E-state index in [2.05, 4.69) is 15.6 Å². The summed E-state index contributed by atoms with van der Waals surface area (Å²) in [5, 5.41) is 26.3. The van der Waals surface area contributed by atoms with Crippen molar-refractivity contribution in [1.82, 2.24) is 15.6 Å². The molecule has 226 valence electrons. The highest BCUT2D eigenvalue weighted by Crippen LogP contribution is 2.35. The highest BCUT2D eigenvalue weighted by molar-refractivity contribution is 8.76. The molecular weight excluding hydrogens is 564 g/mol. The molecule has 13 nitrogen and oxygen atoms in total. The summed E-state index contributed by atoms with van der Waals surface area (Å²) in [5.74, 6) is -0.720. The molecule has 0 aliphatic carbocycles. The maximum atomic E-state index is 12.1. The molecule has 3 unspecified atom stereocenters. The maximum Gasteiger partial charge on any atom is 0.305 e. The third kappa shape index (κ3) is 16.6. The van der Waals surface area contributed by atoms with E-state index in [4.69, 9.17) is 14.2 Å². The van der Waals surface area contributed by atoms with Crippen LogP contribution in [0.4, 0.5) is 5.69 Å². The van der Waals surface area contributed by atoms with Crippen LogP contribution in [0.25, 0.3) is 0 Å². The average Bonchev–Trinajstić information content (AvgIpc) is 2.95. The third-order valence-corrected chi connectivity index (χ3v) is 8.30. The van der Waals surface area contributed by atoms with Gasteiger partial charge in [0.15, 0.2) is 6.29 Å². The van der Waals surface area contributed by atoms with E-state index in [9.17, 15) is 29.6 Å². The van der Waals surface area contributed by atoms with Crippen LogP contribution in [-0.2, 0) is 28.6 Å². The van der Waals surface area contributed by atoms with Gasteiger partial charge < -0.3 is 30.0 Å². The van der Waals surface area contributed by atoms with Gasteiger partial charge in [0.1, 0.15) is 17.8 Å². The van der Waals surface area contributed by atoms with Gasteiger partial charge in [-0.15, -0.1) is 0 Å². The first-order chi connectivity index (χ1) is 19.2. The predicted molar refractivity (Wildman–Crippen MR) is 152 cm³/mol. The number of carbonyl (C=O) groups excluding carboxylic acids is 3. The molecule has 0 spiro atoms. The first-order valence-electron chi connectivity index (χ1n) is 13.1. The number of esters is 1. The van der Waals surface area contributed by atoms with E-state index in [-0.39, 0.29) is 48.8 Å². The number of nitrogens with zero attached hydrogens (tertiary/aromatic N) is 2. The van der Waals surface area contributed by atoms with Gasteiger partial charge in [0.05, 0.1) is 17.6 Å². The van der Waals surface area contributed by atoms with Crippen LogP contribution in [0.15, 0.2) is 23.4 Å². The van der Waals surface area contributed by atoms with E-state index in [0.29, 0.717) is 50.2 Å². The van der Waals surface area contributed by atoms with Crippen molar-refractivity contribution in [3.05, 3.63) is 28.4 Å². The van der Waals surface area contributed by atoms with Crippen molar-refractivity contribution >= 4 is 45.1 Å². The number of hydrogen-bond donors (Lipinski definition) is 3. The first-order valence-corrected chi connectivity index (χ1v) is 15.3. The number of rotatable bonds is 22. The number of hydrogen-bond acceptors (Lipinski definition) is 12. The number of nitrogens with one attached hydrogen (secondary N) is 2. The fourth-order valence-electron chi connectivity index (χ4n) is 3.04. The number of methoxy groups -OCH3 is 1. The van der Waals surface area contributed by atoms with Gasteiger partial charge in [-0.05, 0) is 42.5 Å². The standard InChI is InChI=1S/C25H40N4O9S2/c1-4-20(16-30)38-25(36-3)17-37-24(33)8-5-7-21(31)26-13-6-14-27-22(32)11-9-18(2)39-40-23-12-10-19(15-28-23)29(34)35/h10,12,15,18,20,25,30H,4-9,11,13-14,16-17H2,1-3H3,(H,26,31)(H,27,32). The van der Waals surface area contributed by atoms with Crippen LogP contribution in [0.5, 0.6) is 0 Å². The highest BCUT2D eigenvalue weighted by Gasteiger charge is 2.17. The van der Waals surface area contributed by atoms with Gasteiger partial charge in [-0.2, -0.15) is 0 Å². The molecule has 3 atom stereocenters. The first kappa shape index (κ1) is 35.6. The Morgan fingerprint density at radius 2 is 1.82 bits per heavy atom. The minimum Gasteiger partial charge on any atom is -0.460 e. The van der Waals surface area contributed by atoms with Gasteiger partial charge in [-0.25, -0.2) is 4.98 Å². The molecule has 0 fully saturated rings. The molecule has 2 amide bonds. The number of aromatic nitrogens is 1. The topological polar surface area (TPSA) is 179 Å². The number of pyridine rings is 1. The summed E-state index contributed by atoms with van der Waals surface area (Å²) in [6.45, 7) is 4.45. The van der Waals surface area contributed by atoms with Crippen LogP contribution in [0.2, 0.25) is 0 Å². The zero-order valence-electron chi connectivity index (χ0n) is 23.2. The van der Waals surface area contributed by atoms with Crippen molar-refractivity contribution in [2.24, 2.45) is 0 Å². The summed E-state index contributed by atoms with van der Waals surface area (Å²) >= 11 is 0. The summed E-state index contributed by atoms with van der Waals surface area (Å²) in [4.78, 5) is 50.1. The molecule has 0 aliphatic heterocycles. The van der Waals surface area contributed by atoms with E-state index >= 15 is 0 Å². The molecule has 0 saturated heterocycles. The Hall–Kier alpha value is -2.46. The van der Waals surface area contributed by atoms with Crippen LogP contribution < -0.4 is 10.6 Å². The lowest BCUT2D eigenvalue weighted by atomic mass is 10.2. The maximum absolute atomic E-state index is 12.1. The Morgan fingerprint density at radius 1 is 1.12 bits per heavy atom. The monoisotopic (exact) mass is 604 g/mol. The summed E-state index contributed by atoms with van der Waals surface area (Å²) in [5.41, 5.74) is -0.0549. The van der Waals surface area contributed by atoms with Crippen molar-refractivity contribution in [1.29, 1.82) is 0 Å². The van der Waals surface area contributed by atoms with Crippen molar-refractivity contribution in [3.8, 4) is 0 Å². The van der Waals surface area contributed by atoms with Crippen LogP contribution in [0.1, 0.15) is 58.8 Å². The number of ether oxygens (including phenoxy) is 3. The van der Waals surface area contributed by atoms with Crippen LogP contribution in [0, 0.1) is 10.1 Å². The minimum atomic E-state index is -0.766. The average molecular weight is 605 g/mol. The van der Waals surface area contributed by atoms with Crippen molar-refractivity contribution in [2.45, 2.75) is 81.5 Å². The SMILES string of the molecule is CCC(CO)OC(COC(=O)CCCC(=O)NCCCNC(=O)CCC(C)SSc1ccc([N+](=O)[O-])cn1)OC. The molecule has 0 aliphatic rings. The fourth-order valence-corrected chi connectivity index (χ4v) is 5.11. The van der Waals surface area contributed by atoms with E-state index in [0.717, 1.165) is 0 Å². The lowest BCUT2D eigenvalue weighted by molar-refractivity contribution is -0.385. The minimum absolute atomic E-state index is 0.0549.